The van der Waals surface area contributed by atoms with Gasteiger partial charge in [0.2, 0.25) is 17.7 Å². The van der Waals surface area contributed by atoms with Crippen LogP contribution in [0.2, 0.25) is 0 Å². The van der Waals surface area contributed by atoms with E-state index in [1.165, 1.54) is 0 Å². The monoisotopic (exact) mass is 378 g/mol. The number of nitrogens with zero attached hydrogens (tertiary/aromatic N) is 2. The maximum absolute atomic E-state index is 13.3. The lowest BCUT2D eigenvalue weighted by molar-refractivity contribution is -0.149. The Morgan fingerprint density at radius 3 is 2.04 bits per heavy atom. The molecular weight excluding hydrogens is 344 g/mol. The van der Waals surface area contributed by atoms with Crippen molar-refractivity contribution in [1.82, 2.24) is 15.1 Å². The van der Waals surface area contributed by atoms with E-state index in [1.807, 2.05) is 9.80 Å². The van der Waals surface area contributed by atoms with E-state index in [1.54, 1.807) is 0 Å². The Morgan fingerprint density at radius 1 is 0.815 bits per heavy atom. The minimum atomic E-state index is -0.210. The van der Waals surface area contributed by atoms with Crippen molar-refractivity contribution in [3.8, 4) is 0 Å². The second-order valence-electron chi connectivity index (χ2n) is 8.23. The average Bonchev–Trinajstić information content (AvgIpc) is 3.26. The molecule has 3 rings (SSSR count). The summed E-state index contributed by atoms with van der Waals surface area (Å²) in [6.07, 6.45) is 7.44. The molecule has 0 aromatic heterocycles. The number of rotatable bonds is 5. The molecule has 27 heavy (non-hydrogen) atoms. The SMILES string of the molecule is NCCNC(=O)C1CCCN(C(=O)C2CCCCC2C(=O)N2CCCC2)C1. The molecule has 3 atom stereocenters. The van der Waals surface area contributed by atoms with E-state index in [-0.39, 0.29) is 35.5 Å². The number of nitrogens with two attached hydrogens (primary N) is 1. The number of piperidine rings is 1. The Balaban J connectivity index is 1.63. The van der Waals surface area contributed by atoms with Gasteiger partial charge in [-0.1, -0.05) is 12.8 Å². The molecule has 1 saturated carbocycles. The summed E-state index contributed by atoms with van der Waals surface area (Å²) in [5.41, 5.74) is 5.46. The minimum Gasteiger partial charge on any atom is -0.355 e. The number of nitrogens with one attached hydrogen (secondary N) is 1. The molecule has 2 heterocycles. The topological polar surface area (TPSA) is 95.7 Å². The summed E-state index contributed by atoms with van der Waals surface area (Å²) >= 11 is 0. The van der Waals surface area contributed by atoms with Crippen LogP contribution in [0.4, 0.5) is 0 Å². The van der Waals surface area contributed by atoms with Gasteiger partial charge in [0.05, 0.1) is 5.92 Å². The lowest BCUT2D eigenvalue weighted by Gasteiger charge is -2.38. The first-order valence-electron chi connectivity index (χ1n) is 10.7. The van der Waals surface area contributed by atoms with Crippen molar-refractivity contribution in [3.63, 3.8) is 0 Å². The van der Waals surface area contributed by atoms with Crippen molar-refractivity contribution in [3.05, 3.63) is 0 Å². The predicted molar refractivity (Wildman–Crippen MR) is 103 cm³/mol. The van der Waals surface area contributed by atoms with Crippen molar-refractivity contribution in [2.24, 2.45) is 23.5 Å². The molecule has 3 aliphatic rings. The second kappa shape index (κ2) is 9.53. The molecule has 0 bridgehead atoms. The molecule has 0 radical (unpaired) electrons. The highest BCUT2D eigenvalue weighted by atomic mass is 16.2. The van der Waals surface area contributed by atoms with Crippen molar-refractivity contribution >= 4 is 17.7 Å². The van der Waals surface area contributed by atoms with Crippen LogP contribution < -0.4 is 11.1 Å². The van der Waals surface area contributed by atoms with Crippen molar-refractivity contribution < 1.29 is 14.4 Å². The van der Waals surface area contributed by atoms with Crippen LogP contribution in [0.3, 0.4) is 0 Å². The van der Waals surface area contributed by atoms with Gasteiger partial charge in [-0.3, -0.25) is 14.4 Å². The average molecular weight is 379 g/mol. The molecule has 0 aromatic carbocycles. The third-order valence-corrected chi connectivity index (χ3v) is 6.37. The van der Waals surface area contributed by atoms with Gasteiger partial charge in [0.15, 0.2) is 0 Å². The maximum atomic E-state index is 13.3. The fourth-order valence-corrected chi connectivity index (χ4v) is 4.86. The first kappa shape index (κ1) is 20.1. The summed E-state index contributed by atoms with van der Waals surface area (Å²) in [7, 11) is 0. The van der Waals surface area contributed by atoms with Gasteiger partial charge >= 0.3 is 0 Å². The predicted octanol–water partition coefficient (Wildman–Crippen LogP) is 0.729. The van der Waals surface area contributed by atoms with Crippen LogP contribution in [0.15, 0.2) is 0 Å². The normalized spacial score (nSPS) is 28.9. The number of hydrogen-bond acceptors (Lipinski definition) is 4. The van der Waals surface area contributed by atoms with Crippen molar-refractivity contribution in [2.45, 2.75) is 51.4 Å². The quantitative estimate of drug-likeness (QED) is 0.737. The van der Waals surface area contributed by atoms with Crippen LogP contribution >= 0.6 is 0 Å². The molecule has 3 amide bonds. The Hall–Kier alpha value is -1.63. The zero-order valence-corrected chi connectivity index (χ0v) is 16.3. The van der Waals surface area contributed by atoms with Crippen LogP contribution in [-0.4, -0.2) is 66.8 Å². The van der Waals surface area contributed by atoms with Gasteiger partial charge in [-0.25, -0.2) is 0 Å². The van der Waals surface area contributed by atoms with E-state index < -0.39 is 0 Å². The fourth-order valence-electron chi connectivity index (χ4n) is 4.86. The Bertz CT molecular complexity index is 547. The molecule has 7 heteroatoms. The second-order valence-corrected chi connectivity index (χ2v) is 8.23. The molecule has 3 unspecified atom stereocenters. The molecule has 2 aliphatic heterocycles. The lowest BCUT2D eigenvalue weighted by Crippen LogP contribution is -2.51. The number of hydrogen-bond donors (Lipinski definition) is 2. The van der Waals surface area contributed by atoms with Gasteiger partial charge in [-0.2, -0.15) is 0 Å². The Morgan fingerprint density at radius 2 is 1.41 bits per heavy atom. The maximum Gasteiger partial charge on any atom is 0.226 e. The van der Waals surface area contributed by atoms with E-state index in [9.17, 15) is 14.4 Å². The molecule has 0 spiro atoms. The van der Waals surface area contributed by atoms with Crippen LogP contribution in [-0.2, 0) is 14.4 Å². The highest BCUT2D eigenvalue weighted by Gasteiger charge is 2.41. The van der Waals surface area contributed by atoms with Crippen LogP contribution in [0.25, 0.3) is 0 Å². The highest BCUT2D eigenvalue weighted by molar-refractivity contribution is 5.88. The third kappa shape index (κ3) is 4.81. The number of carbonyl (C=O) groups is 3. The van der Waals surface area contributed by atoms with Crippen LogP contribution in [0, 0.1) is 17.8 Å². The molecular formula is C20H34N4O3. The molecule has 2 saturated heterocycles. The summed E-state index contributed by atoms with van der Waals surface area (Å²) in [6.45, 7) is 3.73. The lowest BCUT2D eigenvalue weighted by atomic mass is 9.77. The van der Waals surface area contributed by atoms with Gasteiger partial charge in [0.1, 0.15) is 0 Å². The molecule has 3 fully saturated rings. The number of carbonyl (C=O) groups excluding carboxylic acids is 3. The van der Waals surface area contributed by atoms with Crippen molar-refractivity contribution in [1.29, 1.82) is 0 Å². The van der Waals surface area contributed by atoms with Gasteiger partial charge in [-0.15, -0.1) is 0 Å². The molecule has 3 N–H and O–H groups in total. The molecule has 1 aliphatic carbocycles. The van der Waals surface area contributed by atoms with E-state index in [0.29, 0.717) is 26.2 Å². The van der Waals surface area contributed by atoms with Gasteiger partial charge in [-0.05, 0) is 38.5 Å². The van der Waals surface area contributed by atoms with Crippen LogP contribution in [0.5, 0.6) is 0 Å². The minimum absolute atomic E-state index is 0.00807. The fraction of sp³-hybridized carbons (Fsp3) is 0.850. The number of likely N-dealkylation sites (tertiary alicyclic amines) is 2. The summed E-state index contributed by atoms with van der Waals surface area (Å²) in [4.78, 5) is 42.3. The summed E-state index contributed by atoms with van der Waals surface area (Å²) in [5, 5.41) is 2.84. The van der Waals surface area contributed by atoms with E-state index in [0.717, 1.165) is 64.5 Å². The van der Waals surface area contributed by atoms with E-state index in [4.69, 9.17) is 5.73 Å². The highest BCUT2D eigenvalue weighted by Crippen LogP contribution is 2.34. The van der Waals surface area contributed by atoms with E-state index >= 15 is 0 Å². The standard InChI is InChI=1S/C20H34N4O3/c21-9-10-22-18(25)15-6-5-13-24(14-15)20(27)17-8-2-1-7-16(17)19(26)23-11-3-4-12-23/h15-17H,1-14,21H2,(H,22,25). The summed E-state index contributed by atoms with van der Waals surface area (Å²) in [6, 6.07) is 0. The molecule has 0 aromatic rings. The largest absolute Gasteiger partial charge is 0.355 e. The Kier molecular flexibility index (Phi) is 7.10. The van der Waals surface area contributed by atoms with Crippen LogP contribution in [0.1, 0.15) is 51.4 Å². The van der Waals surface area contributed by atoms with E-state index in [2.05, 4.69) is 5.32 Å². The first-order chi connectivity index (χ1) is 13.1. The first-order valence-corrected chi connectivity index (χ1v) is 10.7. The third-order valence-electron chi connectivity index (χ3n) is 6.37. The zero-order chi connectivity index (χ0) is 19.2. The molecule has 152 valence electrons. The zero-order valence-electron chi connectivity index (χ0n) is 16.3. The van der Waals surface area contributed by atoms with Gasteiger partial charge < -0.3 is 20.9 Å². The smallest absolute Gasteiger partial charge is 0.226 e. The number of amides is 3. The Labute approximate surface area is 162 Å². The summed E-state index contributed by atoms with van der Waals surface area (Å²) < 4.78 is 0. The van der Waals surface area contributed by atoms with Crippen molar-refractivity contribution in [2.75, 3.05) is 39.3 Å². The van der Waals surface area contributed by atoms with Gasteiger partial charge in [0.25, 0.3) is 0 Å². The molecule has 7 nitrogen and oxygen atoms in total. The summed E-state index contributed by atoms with van der Waals surface area (Å²) in [5.74, 6) is -0.284. The van der Waals surface area contributed by atoms with Gasteiger partial charge in [0, 0.05) is 51.1 Å².